The standard InChI is InChI=1S/C18H16N4/c19-17-10-14(11-18(20)22-17)16(13-6-2-1-3-7-13)12-15-8-4-5-9-21-15/h1-12H,(H4,19,20,22)/b16-12+. The highest BCUT2D eigenvalue weighted by molar-refractivity contribution is 5.91. The molecule has 0 aliphatic heterocycles. The summed E-state index contributed by atoms with van der Waals surface area (Å²) >= 11 is 0. The number of hydrogen-bond acceptors (Lipinski definition) is 4. The number of pyridine rings is 2. The molecule has 1 aromatic carbocycles. The maximum absolute atomic E-state index is 5.83. The van der Waals surface area contributed by atoms with Gasteiger partial charge in [-0.1, -0.05) is 36.4 Å². The molecule has 0 aliphatic rings. The number of nitrogens with zero attached hydrogens (tertiary/aromatic N) is 2. The lowest BCUT2D eigenvalue weighted by Crippen LogP contribution is -1.99. The fraction of sp³-hybridized carbons (Fsp3) is 0. The second-order valence-corrected chi connectivity index (χ2v) is 4.88. The predicted molar refractivity (Wildman–Crippen MR) is 90.7 cm³/mol. The van der Waals surface area contributed by atoms with Crippen LogP contribution in [0.15, 0.2) is 66.9 Å². The van der Waals surface area contributed by atoms with Gasteiger partial charge in [-0.3, -0.25) is 4.98 Å². The maximum Gasteiger partial charge on any atom is 0.126 e. The molecular weight excluding hydrogens is 272 g/mol. The predicted octanol–water partition coefficient (Wildman–Crippen LogP) is 3.23. The summed E-state index contributed by atoms with van der Waals surface area (Å²) in [5.74, 6) is 0.802. The number of rotatable bonds is 3. The van der Waals surface area contributed by atoms with E-state index < -0.39 is 0 Å². The Morgan fingerprint density at radius 3 is 2.14 bits per heavy atom. The highest BCUT2D eigenvalue weighted by Gasteiger charge is 2.08. The Morgan fingerprint density at radius 1 is 0.818 bits per heavy atom. The van der Waals surface area contributed by atoms with Gasteiger partial charge in [-0.15, -0.1) is 0 Å². The van der Waals surface area contributed by atoms with E-state index in [9.17, 15) is 0 Å². The van der Waals surface area contributed by atoms with Crippen molar-refractivity contribution in [2.24, 2.45) is 0 Å². The highest BCUT2D eigenvalue weighted by atomic mass is 14.9. The third-order valence-electron chi connectivity index (χ3n) is 3.24. The average molecular weight is 288 g/mol. The molecule has 0 saturated carbocycles. The molecule has 0 atom stereocenters. The Balaban J connectivity index is 2.17. The van der Waals surface area contributed by atoms with Crippen LogP contribution in [0.3, 0.4) is 0 Å². The molecule has 22 heavy (non-hydrogen) atoms. The molecule has 3 aromatic rings. The Kier molecular flexibility index (Phi) is 3.83. The molecule has 0 amide bonds. The van der Waals surface area contributed by atoms with Crippen LogP contribution < -0.4 is 11.5 Å². The molecule has 0 bridgehead atoms. The van der Waals surface area contributed by atoms with Gasteiger partial charge in [0.05, 0.1) is 5.69 Å². The van der Waals surface area contributed by atoms with E-state index in [0.717, 1.165) is 22.4 Å². The summed E-state index contributed by atoms with van der Waals surface area (Å²) < 4.78 is 0. The van der Waals surface area contributed by atoms with Crippen molar-refractivity contribution in [2.75, 3.05) is 11.5 Å². The molecule has 108 valence electrons. The lowest BCUT2D eigenvalue weighted by atomic mass is 9.97. The van der Waals surface area contributed by atoms with Gasteiger partial charge in [0.25, 0.3) is 0 Å². The Morgan fingerprint density at radius 2 is 1.50 bits per heavy atom. The van der Waals surface area contributed by atoms with Crippen LogP contribution in [0.4, 0.5) is 11.6 Å². The fourth-order valence-electron chi connectivity index (χ4n) is 2.29. The third-order valence-corrected chi connectivity index (χ3v) is 3.24. The average Bonchev–Trinajstić information content (AvgIpc) is 2.53. The van der Waals surface area contributed by atoms with Crippen LogP contribution >= 0.6 is 0 Å². The minimum atomic E-state index is 0.401. The van der Waals surface area contributed by atoms with Crippen LogP contribution in [0.5, 0.6) is 0 Å². The normalized spacial score (nSPS) is 11.4. The summed E-state index contributed by atoms with van der Waals surface area (Å²) in [6.07, 6.45) is 3.78. The summed E-state index contributed by atoms with van der Waals surface area (Å²) in [6.45, 7) is 0. The smallest absolute Gasteiger partial charge is 0.126 e. The van der Waals surface area contributed by atoms with Crippen LogP contribution in [0.1, 0.15) is 16.8 Å². The van der Waals surface area contributed by atoms with Crippen LogP contribution in [-0.2, 0) is 0 Å². The van der Waals surface area contributed by atoms with E-state index in [4.69, 9.17) is 11.5 Å². The molecule has 0 aliphatic carbocycles. The highest BCUT2D eigenvalue weighted by Crippen LogP contribution is 2.27. The largest absolute Gasteiger partial charge is 0.384 e. The molecule has 4 nitrogen and oxygen atoms in total. The summed E-state index contributed by atoms with van der Waals surface area (Å²) in [5, 5.41) is 0. The van der Waals surface area contributed by atoms with Crippen molar-refractivity contribution < 1.29 is 0 Å². The van der Waals surface area contributed by atoms with Gasteiger partial charge < -0.3 is 11.5 Å². The summed E-state index contributed by atoms with van der Waals surface area (Å²) in [5.41, 5.74) is 15.5. The topological polar surface area (TPSA) is 77.8 Å². The van der Waals surface area contributed by atoms with E-state index in [1.807, 2.05) is 66.7 Å². The molecule has 0 fully saturated rings. The molecule has 2 aromatic heterocycles. The molecule has 4 heteroatoms. The van der Waals surface area contributed by atoms with Crippen molar-refractivity contribution in [1.82, 2.24) is 9.97 Å². The van der Waals surface area contributed by atoms with Gasteiger partial charge in [-0.25, -0.2) is 4.98 Å². The summed E-state index contributed by atoms with van der Waals surface area (Å²) in [6, 6.07) is 19.5. The number of anilines is 2. The molecule has 0 unspecified atom stereocenters. The van der Waals surface area contributed by atoms with Gasteiger partial charge in [-0.05, 0) is 47.0 Å². The summed E-state index contributed by atoms with van der Waals surface area (Å²) in [7, 11) is 0. The molecule has 2 heterocycles. The number of hydrogen-bond donors (Lipinski definition) is 2. The molecule has 3 rings (SSSR count). The van der Waals surface area contributed by atoms with Gasteiger partial charge in [0.15, 0.2) is 0 Å². The molecule has 4 N–H and O–H groups in total. The molecular formula is C18H16N4. The van der Waals surface area contributed by atoms with Crippen molar-refractivity contribution in [2.45, 2.75) is 0 Å². The number of benzene rings is 1. The van der Waals surface area contributed by atoms with E-state index in [-0.39, 0.29) is 0 Å². The molecule has 0 spiro atoms. The van der Waals surface area contributed by atoms with Crippen LogP contribution in [-0.4, -0.2) is 9.97 Å². The number of nitrogen functional groups attached to an aromatic ring is 2. The van der Waals surface area contributed by atoms with E-state index in [1.54, 1.807) is 6.20 Å². The minimum Gasteiger partial charge on any atom is -0.384 e. The third kappa shape index (κ3) is 3.12. The monoisotopic (exact) mass is 288 g/mol. The van der Waals surface area contributed by atoms with Crippen molar-refractivity contribution in [3.63, 3.8) is 0 Å². The van der Waals surface area contributed by atoms with Crippen molar-refractivity contribution in [3.8, 4) is 0 Å². The quantitative estimate of drug-likeness (QED) is 0.775. The Bertz CT molecular complexity index is 776. The van der Waals surface area contributed by atoms with Gasteiger partial charge in [0.2, 0.25) is 0 Å². The lowest BCUT2D eigenvalue weighted by Gasteiger charge is -2.10. The first-order chi connectivity index (χ1) is 10.7. The number of aromatic nitrogens is 2. The second kappa shape index (κ2) is 6.10. The van der Waals surface area contributed by atoms with Crippen LogP contribution in [0.25, 0.3) is 11.6 Å². The van der Waals surface area contributed by atoms with Crippen LogP contribution in [0, 0.1) is 0 Å². The second-order valence-electron chi connectivity index (χ2n) is 4.88. The van der Waals surface area contributed by atoms with Crippen molar-refractivity contribution in [3.05, 3.63) is 83.7 Å². The Labute approximate surface area is 129 Å². The van der Waals surface area contributed by atoms with Gasteiger partial charge in [0.1, 0.15) is 11.6 Å². The molecule has 0 radical (unpaired) electrons. The first kappa shape index (κ1) is 13.8. The first-order valence-electron chi connectivity index (χ1n) is 6.94. The molecule has 0 saturated heterocycles. The zero-order valence-corrected chi connectivity index (χ0v) is 12.0. The van der Waals surface area contributed by atoms with Gasteiger partial charge >= 0.3 is 0 Å². The zero-order valence-electron chi connectivity index (χ0n) is 12.0. The summed E-state index contributed by atoms with van der Waals surface area (Å²) in [4.78, 5) is 8.39. The van der Waals surface area contributed by atoms with E-state index in [2.05, 4.69) is 9.97 Å². The fourth-order valence-corrected chi connectivity index (χ4v) is 2.29. The van der Waals surface area contributed by atoms with Crippen LogP contribution in [0.2, 0.25) is 0 Å². The minimum absolute atomic E-state index is 0.401. The lowest BCUT2D eigenvalue weighted by molar-refractivity contribution is 1.29. The maximum atomic E-state index is 5.83. The van der Waals surface area contributed by atoms with E-state index >= 15 is 0 Å². The Hall–Kier alpha value is -3.14. The number of nitrogens with two attached hydrogens (primary N) is 2. The van der Waals surface area contributed by atoms with E-state index in [0.29, 0.717) is 11.6 Å². The van der Waals surface area contributed by atoms with E-state index in [1.165, 1.54) is 0 Å². The van der Waals surface area contributed by atoms with Gasteiger partial charge in [0, 0.05) is 6.20 Å². The SMILES string of the molecule is Nc1cc(/C(=C/c2ccccn2)c2ccccc2)cc(N)n1. The first-order valence-corrected chi connectivity index (χ1v) is 6.94. The zero-order chi connectivity index (χ0) is 15.4. The van der Waals surface area contributed by atoms with Gasteiger partial charge in [-0.2, -0.15) is 0 Å². The van der Waals surface area contributed by atoms with Crippen molar-refractivity contribution in [1.29, 1.82) is 0 Å². The van der Waals surface area contributed by atoms with Crippen molar-refractivity contribution >= 4 is 23.3 Å².